The molecule has 1 fully saturated rings. The van der Waals surface area contributed by atoms with Gasteiger partial charge in [-0.05, 0) is 89.0 Å². The Kier molecular flexibility index (Phi) is 10.3. The number of amides is 2. The summed E-state index contributed by atoms with van der Waals surface area (Å²) in [6.45, 7) is 6.08. The van der Waals surface area contributed by atoms with Crippen molar-refractivity contribution < 1.29 is 27.9 Å². The van der Waals surface area contributed by atoms with Crippen LogP contribution in [0.15, 0.2) is 66.7 Å². The van der Waals surface area contributed by atoms with E-state index in [1.54, 1.807) is 18.2 Å². The van der Waals surface area contributed by atoms with Crippen LogP contribution in [0.5, 0.6) is 0 Å². The summed E-state index contributed by atoms with van der Waals surface area (Å²) < 4.78 is 30.8. The fourth-order valence-electron chi connectivity index (χ4n) is 6.36. The molecular formula is C35H45N3O6S. The van der Waals surface area contributed by atoms with Crippen molar-refractivity contribution in [2.45, 2.75) is 76.7 Å². The van der Waals surface area contributed by atoms with E-state index in [-0.39, 0.29) is 18.4 Å². The lowest BCUT2D eigenvalue weighted by molar-refractivity contribution is -0.0775. The SMILES string of the molecule is CC(C)(C)[C@](O)(CC(CCOC(N)=O)c1ccc(-c2ccc(C(=O)NS(C)(=O)=O)c(C3CCCC3)c2)cc1)c1ccc(N)cc1. The monoisotopic (exact) mass is 635 g/mol. The van der Waals surface area contributed by atoms with Crippen LogP contribution in [0, 0.1) is 5.41 Å². The van der Waals surface area contributed by atoms with Crippen molar-refractivity contribution in [3.8, 4) is 11.1 Å². The van der Waals surface area contributed by atoms with Gasteiger partial charge in [-0.1, -0.05) is 82.1 Å². The zero-order chi connectivity index (χ0) is 33.0. The van der Waals surface area contributed by atoms with Crippen molar-refractivity contribution in [2.75, 3.05) is 18.6 Å². The summed E-state index contributed by atoms with van der Waals surface area (Å²) in [5.74, 6) is -0.617. The Bertz CT molecular complexity index is 1610. The van der Waals surface area contributed by atoms with E-state index >= 15 is 0 Å². The lowest BCUT2D eigenvalue weighted by Crippen LogP contribution is -2.41. The maximum absolute atomic E-state index is 12.9. The van der Waals surface area contributed by atoms with Gasteiger partial charge >= 0.3 is 6.09 Å². The zero-order valence-corrected chi connectivity index (χ0v) is 27.3. The summed E-state index contributed by atoms with van der Waals surface area (Å²) in [6.07, 6.45) is 4.96. The topological polar surface area (TPSA) is 162 Å². The molecule has 2 atom stereocenters. The van der Waals surface area contributed by atoms with Crippen LogP contribution in [0.4, 0.5) is 10.5 Å². The van der Waals surface area contributed by atoms with E-state index in [1.807, 2.05) is 69.3 Å². The summed E-state index contributed by atoms with van der Waals surface area (Å²) >= 11 is 0. The number of aliphatic hydroxyl groups is 1. The van der Waals surface area contributed by atoms with Crippen molar-refractivity contribution in [3.05, 3.63) is 89.0 Å². The van der Waals surface area contributed by atoms with Gasteiger partial charge in [0.15, 0.2) is 0 Å². The predicted octanol–water partition coefficient (Wildman–Crippen LogP) is 6.18. The number of hydrogen-bond acceptors (Lipinski definition) is 7. The third-order valence-electron chi connectivity index (χ3n) is 8.97. The average Bonchev–Trinajstić information content (AvgIpc) is 3.50. The summed E-state index contributed by atoms with van der Waals surface area (Å²) in [5, 5.41) is 12.2. The number of carbonyl (C=O) groups excluding carboxylic acids is 2. The van der Waals surface area contributed by atoms with E-state index in [1.165, 1.54) is 0 Å². The third-order valence-corrected chi connectivity index (χ3v) is 9.52. The fourth-order valence-corrected chi connectivity index (χ4v) is 6.80. The van der Waals surface area contributed by atoms with Gasteiger partial charge in [0.25, 0.3) is 5.91 Å². The van der Waals surface area contributed by atoms with E-state index in [4.69, 9.17) is 16.2 Å². The molecular weight excluding hydrogens is 590 g/mol. The van der Waals surface area contributed by atoms with Crippen LogP contribution in [-0.2, 0) is 20.4 Å². The molecule has 1 unspecified atom stereocenters. The second kappa shape index (κ2) is 13.6. The molecule has 4 rings (SSSR count). The highest BCUT2D eigenvalue weighted by molar-refractivity contribution is 7.89. The molecule has 0 aromatic heterocycles. The Labute approximate surface area is 266 Å². The molecule has 0 radical (unpaired) electrons. The number of ether oxygens (including phenoxy) is 1. The predicted molar refractivity (Wildman–Crippen MR) is 177 cm³/mol. The van der Waals surface area contributed by atoms with Gasteiger partial charge < -0.3 is 21.3 Å². The highest BCUT2D eigenvalue weighted by Crippen LogP contribution is 2.47. The number of carbonyl (C=O) groups is 2. The Morgan fingerprint density at radius 3 is 2.13 bits per heavy atom. The second-order valence-electron chi connectivity index (χ2n) is 13.2. The molecule has 3 aromatic rings. The van der Waals surface area contributed by atoms with Crippen LogP contribution in [0.3, 0.4) is 0 Å². The van der Waals surface area contributed by atoms with Crippen LogP contribution < -0.4 is 16.2 Å². The zero-order valence-electron chi connectivity index (χ0n) is 26.5. The molecule has 10 heteroatoms. The number of sulfonamides is 1. The van der Waals surface area contributed by atoms with Crippen molar-refractivity contribution in [3.63, 3.8) is 0 Å². The van der Waals surface area contributed by atoms with E-state index in [0.29, 0.717) is 24.1 Å². The summed E-state index contributed by atoms with van der Waals surface area (Å²) in [7, 11) is -3.70. The molecule has 0 heterocycles. The molecule has 0 bridgehead atoms. The van der Waals surface area contributed by atoms with Crippen molar-refractivity contribution in [1.29, 1.82) is 0 Å². The first-order valence-corrected chi connectivity index (χ1v) is 17.2. The van der Waals surface area contributed by atoms with Crippen LogP contribution in [0.25, 0.3) is 11.1 Å². The molecule has 9 nitrogen and oxygen atoms in total. The van der Waals surface area contributed by atoms with Gasteiger partial charge in [-0.3, -0.25) is 4.79 Å². The number of nitrogen functional groups attached to an aromatic ring is 1. The summed E-state index contributed by atoms with van der Waals surface area (Å²) in [6, 6.07) is 20.8. The maximum Gasteiger partial charge on any atom is 0.404 e. The van der Waals surface area contributed by atoms with Crippen molar-refractivity contribution in [2.24, 2.45) is 11.1 Å². The van der Waals surface area contributed by atoms with Crippen LogP contribution in [-0.4, -0.2) is 38.4 Å². The van der Waals surface area contributed by atoms with Crippen LogP contribution >= 0.6 is 0 Å². The quantitative estimate of drug-likeness (QED) is 0.183. The summed E-state index contributed by atoms with van der Waals surface area (Å²) in [5.41, 5.74) is 14.8. The highest BCUT2D eigenvalue weighted by atomic mass is 32.2. The molecule has 6 N–H and O–H groups in total. The lowest BCUT2D eigenvalue weighted by atomic mass is 9.66. The minimum atomic E-state index is -3.70. The van der Waals surface area contributed by atoms with Gasteiger partial charge in [-0.25, -0.2) is 17.9 Å². The van der Waals surface area contributed by atoms with Crippen molar-refractivity contribution in [1.82, 2.24) is 4.72 Å². The molecule has 45 heavy (non-hydrogen) atoms. The minimum absolute atomic E-state index is 0.103. The molecule has 1 saturated carbocycles. The molecule has 1 aliphatic carbocycles. The first kappa shape index (κ1) is 34.0. The Morgan fingerprint density at radius 2 is 1.58 bits per heavy atom. The van der Waals surface area contributed by atoms with Gasteiger partial charge in [0.2, 0.25) is 10.0 Å². The van der Waals surface area contributed by atoms with E-state index in [0.717, 1.165) is 59.8 Å². The number of anilines is 1. The number of rotatable bonds is 11. The Balaban J connectivity index is 1.68. The first-order chi connectivity index (χ1) is 21.1. The number of benzene rings is 3. The van der Waals surface area contributed by atoms with Crippen LogP contribution in [0.1, 0.15) is 98.2 Å². The lowest BCUT2D eigenvalue weighted by Gasteiger charge is -2.43. The highest BCUT2D eigenvalue weighted by Gasteiger charge is 2.43. The third kappa shape index (κ3) is 8.43. The Hall–Kier alpha value is -3.89. The van der Waals surface area contributed by atoms with E-state index in [2.05, 4.69) is 4.72 Å². The average molecular weight is 636 g/mol. The van der Waals surface area contributed by atoms with Gasteiger partial charge in [0.05, 0.1) is 18.5 Å². The van der Waals surface area contributed by atoms with Gasteiger partial charge in [0, 0.05) is 11.3 Å². The largest absolute Gasteiger partial charge is 0.450 e. The Morgan fingerprint density at radius 1 is 0.978 bits per heavy atom. The molecule has 0 aliphatic heterocycles. The van der Waals surface area contributed by atoms with Gasteiger partial charge in [0.1, 0.15) is 0 Å². The van der Waals surface area contributed by atoms with Gasteiger partial charge in [-0.2, -0.15) is 0 Å². The second-order valence-corrected chi connectivity index (χ2v) is 14.9. The van der Waals surface area contributed by atoms with E-state index < -0.39 is 33.0 Å². The van der Waals surface area contributed by atoms with Crippen molar-refractivity contribution >= 4 is 27.7 Å². The number of nitrogens with two attached hydrogens (primary N) is 2. The normalized spacial score (nSPS) is 16.1. The molecule has 3 aromatic carbocycles. The molecule has 2 amide bonds. The summed E-state index contributed by atoms with van der Waals surface area (Å²) in [4.78, 5) is 24.2. The molecule has 242 valence electrons. The number of primary amides is 1. The standard InChI is InChI=1S/C35H45N3O6S/c1-34(2,3)35(41,28-14-16-29(36)17-15-28)22-27(19-20-44-33(37)40)24-11-9-23(10-12-24)26-13-18-30(32(39)38-45(4,42)43)31(21-26)25-7-5-6-8-25/h9-18,21,25,27,41H,5-8,19-20,22,36H2,1-4H3,(H2,37,40)(H,38,39)/t27?,35-/m0/s1. The molecule has 1 aliphatic rings. The van der Waals surface area contributed by atoms with E-state index in [9.17, 15) is 23.1 Å². The number of nitrogens with one attached hydrogen (secondary N) is 1. The first-order valence-electron chi connectivity index (χ1n) is 15.3. The van der Waals surface area contributed by atoms with Crippen LogP contribution in [0.2, 0.25) is 0 Å². The molecule has 0 spiro atoms. The smallest absolute Gasteiger partial charge is 0.404 e. The maximum atomic E-state index is 12.9. The minimum Gasteiger partial charge on any atom is -0.450 e. The van der Waals surface area contributed by atoms with Gasteiger partial charge in [-0.15, -0.1) is 0 Å². The molecule has 0 saturated heterocycles. The fraction of sp³-hybridized carbons (Fsp3) is 0.429. The number of hydrogen-bond donors (Lipinski definition) is 4.